The molecule has 7 nitrogen and oxygen atoms in total. The fourth-order valence-electron chi connectivity index (χ4n) is 3.71. The minimum absolute atomic E-state index is 0.278. The smallest absolute Gasteiger partial charge is 0.241 e. The molecule has 1 aromatic carbocycles. The molecule has 0 aliphatic carbocycles. The van der Waals surface area contributed by atoms with Crippen molar-refractivity contribution >= 4 is 0 Å². The zero-order valence-corrected chi connectivity index (χ0v) is 16.3. The largest absolute Gasteiger partial charge is 0.493 e. The molecule has 0 N–H and O–H groups in total. The lowest BCUT2D eigenvalue weighted by molar-refractivity contribution is 0.192. The van der Waals surface area contributed by atoms with Crippen LogP contribution in [0.2, 0.25) is 0 Å². The summed E-state index contributed by atoms with van der Waals surface area (Å²) in [5, 5.41) is 4.27. The maximum atomic E-state index is 6.11. The van der Waals surface area contributed by atoms with Crippen molar-refractivity contribution in [3.63, 3.8) is 0 Å². The Balaban J connectivity index is 1.53. The first-order valence-corrected chi connectivity index (χ1v) is 9.55. The molecule has 7 heteroatoms. The van der Waals surface area contributed by atoms with E-state index in [-0.39, 0.29) is 5.92 Å². The summed E-state index contributed by atoms with van der Waals surface area (Å²) >= 11 is 0. The lowest BCUT2D eigenvalue weighted by atomic mass is 9.94. The van der Waals surface area contributed by atoms with E-state index >= 15 is 0 Å². The third-order valence-electron chi connectivity index (χ3n) is 5.17. The first-order chi connectivity index (χ1) is 13.7. The summed E-state index contributed by atoms with van der Waals surface area (Å²) in [7, 11) is 3.62. The molecule has 0 saturated carbocycles. The zero-order chi connectivity index (χ0) is 19.3. The SMILES string of the molecule is COc1ccccc1Oc1nccnc1C1CCCN(Cc2ccnn2C)C1. The van der Waals surface area contributed by atoms with Crippen molar-refractivity contribution in [3.05, 3.63) is 60.3 Å². The molecule has 1 aliphatic rings. The van der Waals surface area contributed by atoms with Crippen LogP contribution < -0.4 is 9.47 Å². The van der Waals surface area contributed by atoms with Crippen LogP contribution in [0.3, 0.4) is 0 Å². The molecule has 0 spiro atoms. The Labute approximate surface area is 164 Å². The van der Waals surface area contributed by atoms with Gasteiger partial charge in [0.1, 0.15) is 5.69 Å². The number of benzene rings is 1. The quantitative estimate of drug-likeness (QED) is 0.654. The summed E-state index contributed by atoms with van der Waals surface area (Å²) in [5.74, 6) is 2.16. The first-order valence-electron chi connectivity index (χ1n) is 9.55. The van der Waals surface area contributed by atoms with Crippen molar-refractivity contribution in [1.29, 1.82) is 0 Å². The number of rotatable bonds is 6. The lowest BCUT2D eigenvalue weighted by Crippen LogP contribution is -2.35. The highest BCUT2D eigenvalue weighted by Gasteiger charge is 2.26. The van der Waals surface area contributed by atoms with E-state index in [0.717, 1.165) is 38.2 Å². The van der Waals surface area contributed by atoms with Crippen molar-refractivity contribution in [1.82, 2.24) is 24.6 Å². The van der Waals surface area contributed by atoms with E-state index < -0.39 is 0 Å². The van der Waals surface area contributed by atoms with Crippen LogP contribution in [0, 0.1) is 0 Å². The zero-order valence-electron chi connectivity index (χ0n) is 16.3. The van der Waals surface area contributed by atoms with E-state index in [4.69, 9.17) is 9.47 Å². The van der Waals surface area contributed by atoms with Gasteiger partial charge in [-0.15, -0.1) is 0 Å². The van der Waals surface area contributed by atoms with Crippen LogP contribution in [-0.2, 0) is 13.6 Å². The molecular weight excluding hydrogens is 354 g/mol. The highest BCUT2D eigenvalue weighted by molar-refractivity contribution is 5.42. The maximum absolute atomic E-state index is 6.11. The van der Waals surface area contributed by atoms with Crippen molar-refractivity contribution < 1.29 is 9.47 Å². The van der Waals surface area contributed by atoms with Gasteiger partial charge in [0.25, 0.3) is 0 Å². The highest BCUT2D eigenvalue weighted by atomic mass is 16.5. The van der Waals surface area contributed by atoms with Crippen LogP contribution >= 0.6 is 0 Å². The molecule has 0 bridgehead atoms. The fourth-order valence-corrected chi connectivity index (χ4v) is 3.71. The Kier molecular flexibility index (Phi) is 5.53. The predicted octanol–water partition coefficient (Wildman–Crippen LogP) is 3.39. The molecule has 146 valence electrons. The summed E-state index contributed by atoms with van der Waals surface area (Å²) in [5.41, 5.74) is 2.12. The molecule has 3 aromatic rings. The minimum Gasteiger partial charge on any atom is -0.493 e. The maximum Gasteiger partial charge on any atom is 0.241 e. The van der Waals surface area contributed by atoms with Gasteiger partial charge < -0.3 is 9.47 Å². The predicted molar refractivity (Wildman–Crippen MR) is 106 cm³/mol. The number of aromatic nitrogens is 4. The summed E-state index contributed by atoms with van der Waals surface area (Å²) in [6, 6.07) is 9.67. The second-order valence-corrected chi connectivity index (χ2v) is 7.02. The van der Waals surface area contributed by atoms with Crippen molar-refractivity contribution in [2.45, 2.75) is 25.3 Å². The van der Waals surface area contributed by atoms with Gasteiger partial charge in [0, 0.05) is 44.6 Å². The second-order valence-electron chi connectivity index (χ2n) is 7.02. The molecular formula is C21H25N5O2. The number of likely N-dealkylation sites (tertiary alicyclic amines) is 1. The van der Waals surface area contributed by atoms with Gasteiger partial charge in [0.05, 0.1) is 12.8 Å². The normalized spacial score (nSPS) is 17.4. The van der Waals surface area contributed by atoms with Crippen LogP contribution in [0.1, 0.15) is 30.1 Å². The first kappa shape index (κ1) is 18.4. The molecule has 28 heavy (non-hydrogen) atoms. The average molecular weight is 379 g/mol. The second kappa shape index (κ2) is 8.39. The van der Waals surface area contributed by atoms with E-state index in [1.807, 2.05) is 42.2 Å². The summed E-state index contributed by atoms with van der Waals surface area (Å²) in [4.78, 5) is 11.5. The Hall–Kier alpha value is -2.93. The van der Waals surface area contributed by atoms with Gasteiger partial charge in [0.2, 0.25) is 5.88 Å². The number of hydrogen-bond donors (Lipinski definition) is 0. The van der Waals surface area contributed by atoms with E-state index in [0.29, 0.717) is 17.4 Å². The van der Waals surface area contributed by atoms with Gasteiger partial charge in [-0.05, 0) is 37.6 Å². The molecule has 1 atom stereocenters. The number of para-hydroxylation sites is 2. The molecule has 0 radical (unpaired) electrons. The van der Waals surface area contributed by atoms with Crippen molar-refractivity contribution in [2.24, 2.45) is 7.05 Å². The van der Waals surface area contributed by atoms with Crippen LogP contribution in [-0.4, -0.2) is 44.8 Å². The standard InChI is InChI=1S/C21H25N5O2/c1-25-17(9-10-24-25)15-26-13-5-6-16(14-26)20-21(23-12-11-22-20)28-19-8-4-3-7-18(19)27-2/h3-4,7-12,16H,5-6,13-15H2,1-2H3. The van der Waals surface area contributed by atoms with Gasteiger partial charge >= 0.3 is 0 Å². The summed E-state index contributed by atoms with van der Waals surface area (Å²) in [6.07, 6.45) is 7.45. The van der Waals surface area contributed by atoms with E-state index in [9.17, 15) is 0 Å². The molecule has 1 aliphatic heterocycles. The highest BCUT2D eigenvalue weighted by Crippen LogP contribution is 2.35. The van der Waals surface area contributed by atoms with Crippen molar-refractivity contribution in [3.8, 4) is 17.4 Å². The van der Waals surface area contributed by atoms with Crippen LogP contribution in [0.15, 0.2) is 48.9 Å². The number of ether oxygens (including phenoxy) is 2. The van der Waals surface area contributed by atoms with Crippen molar-refractivity contribution in [2.75, 3.05) is 20.2 Å². The number of aryl methyl sites for hydroxylation is 1. The third-order valence-corrected chi connectivity index (χ3v) is 5.17. The Morgan fingerprint density at radius 3 is 2.68 bits per heavy atom. The van der Waals surface area contributed by atoms with Gasteiger partial charge in [-0.1, -0.05) is 12.1 Å². The molecule has 1 saturated heterocycles. The molecule has 1 unspecified atom stereocenters. The Bertz CT molecular complexity index is 926. The summed E-state index contributed by atoms with van der Waals surface area (Å²) < 4.78 is 13.4. The third kappa shape index (κ3) is 3.99. The Morgan fingerprint density at radius 1 is 1.07 bits per heavy atom. The summed E-state index contributed by atoms with van der Waals surface area (Å²) in [6.45, 7) is 2.88. The van der Waals surface area contributed by atoms with E-state index in [1.165, 1.54) is 5.69 Å². The average Bonchev–Trinajstić information content (AvgIpc) is 3.13. The molecule has 4 rings (SSSR count). The van der Waals surface area contributed by atoms with E-state index in [2.05, 4.69) is 26.0 Å². The molecule has 3 heterocycles. The fraction of sp³-hybridized carbons (Fsp3) is 0.381. The number of piperidine rings is 1. The monoisotopic (exact) mass is 379 g/mol. The number of methoxy groups -OCH3 is 1. The van der Waals surface area contributed by atoms with Crippen LogP contribution in [0.4, 0.5) is 0 Å². The molecule has 0 amide bonds. The minimum atomic E-state index is 0.278. The van der Waals surface area contributed by atoms with Crippen LogP contribution in [0.5, 0.6) is 17.4 Å². The Morgan fingerprint density at radius 2 is 1.89 bits per heavy atom. The van der Waals surface area contributed by atoms with Gasteiger partial charge in [-0.25, -0.2) is 4.98 Å². The van der Waals surface area contributed by atoms with Crippen LogP contribution in [0.25, 0.3) is 0 Å². The van der Waals surface area contributed by atoms with Gasteiger partial charge in [0.15, 0.2) is 11.5 Å². The number of nitrogens with zero attached hydrogens (tertiary/aromatic N) is 5. The number of hydrogen-bond acceptors (Lipinski definition) is 6. The van der Waals surface area contributed by atoms with Gasteiger partial charge in [-0.3, -0.25) is 14.6 Å². The lowest BCUT2D eigenvalue weighted by Gasteiger charge is -2.32. The topological polar surface area (TPSA) is 65.3 Å². The van der Waals surface area contributed by atoms with E-state index in [1.54, 1.807) is 19.5 Å². The van der Waals surface area contributed by atoms with Gasteiger partial charge in [-0.2, -0.15) is 5.10 Å². The molecule has 1 fully saturated rings. The molecule has 2 aromatic heterocycles.